The smallest absolute Gasteiger partial charge is 0.222 e. The van der Waals surface area contributed by atoms with Crippen molar-refractivity contribution in [3.05, 3.63) is 42.0 Å². The van der Waals surface area contributed by atoms with Gasteiger partial charge in [0.25, 0.3) is 0 Å². The number of aromatic nitrogens is 3. The van der Waals surface area contributed by atoms with Gasteiger partial charge in [-0.1, -0.05) is 37.5 Å². The number of nitrogens with zero attached hydrogens (tertiary/aromatic N) is 4. The van der Waals surface area contributed by atoms with Gasteiger partial charge in [0.1, 0.15) is 18.2 Å². The van der Waals surface area contributed by atoms with Gasteiger partial charge in [-0.25, -0.2) is 9.67 Å². The predicted octanol–water partition coefficient (Wildman–Crippen LogP) is 3.70. The average molecular weight is 368 g/mol. The molecule has 1 saturated heterocycles. The number of para-hydroxylation sites is 1. The Hall–Kier alpha value is -2.37. The van der Waals surface area contributed by atoms with Crippen LogP contribution in [0.25, 0.3) is 0 Å². The first kappa shape index (κ1) is 18.0. The summed E-state index contributed by atoms with van der Waals surface area (Å²) in [4.78, 5) is 18.6. The van der Waals surface area contributed by atoms with Gasteiger partial charge in [-0.15, -0.1) is 0 Å². The molecule has 1 saturated carbocycles. The van der Waals surface area contributed by atoms with E-state index in [4.69, 9.17) is 14.8 Å². The third kappa shape index (κ3) is 4.15. The molecular formula is C21H28N4O2. The van der Waals surface area contributed by atoms with E-state index in [9.17, 15) is 4.79 Å². The Balaban J connectivity index is 1.55. The number of hydrogen-bond acceptors (Lipinski definition) is 4. The lowest BCUT2D eigenvalue weighted by molar-refractivity contribution is -0.132. The summed E-state index contributed by atoms with van der Waals surface area (Å²) in [6, 6.07) is 10.2. The van der Waals surface area contributed by atoms with Crippen LogP contribution in [0.3, 0.4) is 0 Å². The molecule has 6 nitrogen and oxygen atoms in total. The highest BCUT2D eigenvalue weighted by atomic mass is 16.5. The summed E-state index contributed by atoms with van der Waals surface area (Å²) >= 11 is 0. The van der Waals surface area contributed by atoms with Crippen molar-refractivity contribution in [1.82, 2.24) is 19.7 Å². The van der Waals surface area contributed by atoms with Gasteiger partial charge in [0.2, 0.25) is 5.91 Å². The van der Waals surface area contributed by atoms with E-state index in [-0.39, 0.29) is 11.8 Å². The van der Waals surface area contributed by atoms with E-state index in [2.05, 4.69) is 4.68 Å². The standard InChI is InChI=1S/C21H28N4O2/c1-24-14-16(12-13-20(24)26)21-22-19(15-27-18-10-6-3-7-11-18)23-25(21)17-8-4-2-5-9-17/h3,6-7,10-11,16-17H,2,4-5,8-9,12-15H2,1H3/t16-/m0/s1. The van der Waals surface area contributed by atoms with E-state index < -0.39 is 0 Å². The molecule has 1 aromatic heterocycles. The Bertz CT molecular complexity index is 768. The summed E-state index contributed by atoms with van der Waals surface area (Å²) in [5.74, 6) is 3.08. The maximum atomic E-state index is 11.9. The summed E-state index contributed by atoms with van der Waals surface area (Å²) in [6.45, 7) is 1.10. The van der Waals surface area contributed by atoms with Gasteiger partial charge in [-0.2, -0.15) is 5.10 Å². The highest BCUT2D eigenvalue weighted by Crippen LogP contribution is 2.33. The molecule has 2 aromatic rings. The molecule has 1 amide bonds. The van der Waals surface area contributed by atoms with Crippen LogP contribution in [0.5, 0.6) is 5.75 Å². The fourth-order valence-electron chi connectivity index (χ4n) is 4.20. The summed E-state index contributed by atoms with van der Waals surface area (Å²) in [6.07, 6.45) is 7.59. The molecule has 27 heavy (non-hydrogen) atoms. The third-order valence-corrected chi connectivity index (χ3v) is 5.73. The minimum atomic E-state index is 0.225. The second-order valence-corrected chi connectivity index (χ2v) is 7.73. The Labute approximate surface area is 160 Å². The van der Waals surface area contributed by atoms with Crippen LogP contribution >= 0.6 is 0 Å². The van der Waals surface area contributed by atoms with E-state index in [0.29, 0.717) is 19.1 Å². The van der Waals surface area contributed by atoms with Crippen molar-refractivity contribution in [2.75, 3.05) is 13.6 Å². The zero-order valence-electron chi connectivity index (χ0n) is 16.0. The number of benzene rings is 1. The number of amides is 1. The highest BCUT2D eigenvalue weighted by molar-refractivity contribution is 5.76. The number of carbonyl (C=O) groups is 1. The predicted molar refractivity (Wildman–Crippen MR) is 103 cm³/mol. The maximum Gasteiger partial charge on any atom is 0.222 e. The van der Waals surface area contributed by atoms with Crippen molar-refractivity contribution in [3.63, 3.8) is 0 Å². The van der Waals surface area contributed by atoms with Crippen molar-refractivity contribution < 1.29 is 9.53 Å². The van der Waals surface area contributed by atoms with Gasteiger partial charge in [-0.3, -0.25) is 4.79 Å². The molecule has 0 spiro atoms. The summed E-state index contributed by atoms with van der Waals surface area (Å²) in [7, 11) is 1.88. The van der Waals surface area contributed by atoms with Crippen LogP contribution in [-0.4, -0.2) is 39.2 Å². The summed E-state index contributed by atoms with van der Waals surface area (Å²) in [5, 5.41) is 4.85. The van der Waals surface area contributed by atoms with Crippen LogP contribution in [0.4, 0.5) is 0 Å². The molecule has 0 bridgehead atoms. The molecule has 0 unspecified atom stereocenters. The Morgan fingerprint density at radius 1 is 1.11 bits per heavy atom. The quantitative estimate of drug-likeness (QED) is 0.807. The van der Waals surface area contributed by atoms with E-state index >= 15 is 0 Å². The van der Waals surface area contributed by atoms with Gasteiger partial charge >= 0.3 is 0 Å². The highest BCUT2D eigenvalue weighted by Gasteiger charge is 2.31. The molecule has 0 radical (unpaired) electrons. The lowest BCUT2D eigenvalue weighted by atomic mass is 9.93. The molecule has 144 valence electrons. The van der Waals surface area contributed by atoms with Crippen LogP contribution in [0.15, 0.2) is 30.3 Å². The minimum absolute atomic E-state index is 0.225. The molecule has 1 aliphatic heterocycles. The zero-order chi connectivity index (χ0) is 18.6. The summed E-state index contributed by atoms with van der Waals surface area (Å²) < 4.78 is 8.03. The van der Waals surface area contributed by atoms with E-state index in [1.807, 2.05) is 42.3 Å². The largest absolute Gasteiger partial charge is 0.486 e. The van der Waals surface area contributed by atoms with Gasteiger partial charge in [0.15, 0.2) is 5.82 Å². The molecule has 1 aromatic carbocycles. The van der Waals surface area contributed by atoms with Gasteiger partial charge in [0, 0.05) is 25.9 Å². The van der Waals surface area contributed by atoms with Crippen molar-refractivity contribution >= 4 is 5.91 Å². The maximum absolute atomic E-state index is 11.9. The molecule has 0 N–H and O–H groups in total. The molecule has 2 heterocycles. The Morgan fingerprint density at radius 2 is 1.89 bits per heavy atom. The molecule has 4 rings (SSSR count). The van der Waals surface area contributed by atoms with E-state index in [1.165, 1.54) is 19.3 Å². The average Bonchev–Trinajstić information content (AvgIpc) is 3.14. The van der Waals surface area contributed by atoms with Crippen molar-refractivity contribution in [3.8, 4) is 5.75 Å². The molecule has 2 aliphatic rings. The number of piperidine rings is 1. The van der Waals surface area contributed by atoms with Gasteiger partial charge in [0.05, 0.1) is 6.04 Å². The minimum Gasteiger partial charge on any atom is -0.486 e. The topological polar surface area (TPSA) is 60.2 Å². The SMILES string of the molecule is CN1C[C@@H](c2nc(COc3ccccc3)nn2C2CCCCC2)CCC1=O. The zero-order valence-corrected chi connectivity index (χ0v) is 16.0. The fraction of sp³-hybridized carbons (Fsp3) is 0.571. The lowest BCUT2D eigenvalue weighted by Crippen LogP contribution is -2.37. The number of carbonyl (C=O) groups excluding carboxylic acids is 1. The fourth-order valence-corrected chi connectivity index (χ4v) is 4.20. The molecule has 2 fully saturated rings. The number of rotatable bonds is 5. The number of ether oxygens (including phenoxy) is 1. The van der Waals surface area contributed by atoms with Crippen LogP contribution in [0.1, 0.15) is 68.6 Å². The van der Waals surface area contributed by atoms with Crippen LogP contribution in [0, 0.1) is 0 Å². The normalized spacial score (nSPS) is 21.4. The lowest BCUT2D eigenvalue weighted by Gasteiger charge is -2.31. The van der Waals surface area contributed by atoms with Crippen LogP contribution < -0.4 is 4.74 Å². The summed E-state index contributed by atoms with van der Waals surface area (Å²) in [5.41, 5.74) is 0. The Morgan fingerprint density at radius 3 is 2.63 bits per heavy atom. The Kier molecular flexibility index (Phi) is 5.41. The molecule has 1 aliphatic carbocycles. The van der Waals surface area contributed by atoms with Crippen LogP contribution in [0.2, 0.25) is 0 Å². The second-order valence-electron chi connectivity index (χ2n) is 7.73. The van der Waals surface area contributed by atoms with E-state index in [0.717, 1.165) is 43.2 Å². The first-order valence-electron chi connectivity index (χ1n) is 10.1. The van der Waals surface area contributed by atoms with E-state index in [1.54, 1.807) is 0 Å². The van der Waals surface area contributed by atoms with Crippen molar-refractivity contribution in [2.45, 2.75) is 63.5 Å². The molecule has 1 atom stereocenters. The number of likely N-dealkylation sites (N-methyl/N-ethyl adjacent to an activating group) is 1. The number of likely N-dealkylation sites (tertiary alicyclic amines) is 1. The van der Waals surface area contributed by atoms with Gasteiger partial charge < -0.3 is 9.64 Å². The monoisotopic (exact) mass is 368 g/mol. The second kappa shape index (κ2) is 8.11. The van der Waals surface area contributed by atoms with Crippen molar-refractivity contribution in [1.29, 1.82) is 0 Å². The first-order valence-corrected chi connectivity index (χ1v) is 10.1. The van der Waals surface area contributed by atoms with Crippen LogP contribution in [-0.2, 0) is 11.4 Å². The molecular weight excluding hydrogens is 340 g/mol. The molecule has 6 heteroatoms. The third-order valence-electron chi connectivity index (χ3n) is 5.73. The first-order chi connectivity index (χ1) is 13.2. The van der Waals surface area contributed by atoms with Gasteiger partial charge in [-0.05, 0) is 31.4 Å². The van der Waals surface area contributed by atoms with Crippen molar-refractivity contribution in [2.24, 2.45) is 0 Å². The number of hydrogen-bond donors (Lipinski definition) is 0.